The van der Waals surface area contributed by atoms with E-state index in [2.05, 4.69) is 36.3 Å². The number of hydrogen-bond donors (Lipinski definition) is 4. The lowest BCUT2D eigenvalue weighted by molar-refractivity contribution is -0.134. The zero-order chi connectivity index (χ0) is 32.0. The van der Waals surface area contributed by atoms with Gasteiger partial charge in [-0.2, -0.15) is 5.26 Å². The second-order valence-electron chi connectivity index (χ2n) is 10.1. The maximum Gasteiger partial charge on any atom is 0.328 e. The van der Waals surface area contributed by atoms with E-state index in [9.17, 15) is 20.0 Å². The number of pyridine rings is 1. The molecule has 0 aliphatic heterocycles. The van der Waals surface area contributed by atoms with Crippen molar-refractivity contribution in [3.63, 3.8) is 0 Å². The van der Waals surface area contributed by atoms with E-state index in [1.807, 2.05) is 60.0 Å². The number of benzene rings is 2. The highest BCUT2D eigenvalue weighted by molar-refractivity contribution is 7.13. The lowest BCUT2D eigenvalue weighted by Gasteiger charge is -2.28. The van der Waals surface area contributed by atoms with E-state index in [1.54, 1.807) is 29.7 Å². The van der Waals surface area contributed by atoms with Crippen LogP contribution in [0, 0.1) is 11.3 Å². The first-order valence-corrected chi connectivity index (χ1v) is 14.4. The quantitative estimate of drug-likeness (QED) is 0.141. The van der Waals surface area contributed by atoms with Gasteiger partial charge in [-0.1, -0.05) is 30.3 Å². The standard InChI is InChI=1S/C29H29N3O3S.C4H4O4/c1-29(2,17-21-11-13-24(14-12-21)35-28-22(18-30)7-5-15-31-28)32-19-23(33)20-34-26-9-4-3-8-25(26)27-10-6-16-36-27;5-3(6)1-2-4(7)8/h3-16,23,32-33H,17,19-20H2,1-2H3;1-2H,(H,5,6)(H,7,8)/b;2-1+/t23-;/m0./s1. The summed E-state index contributed by atoms with van der Waals surface area (Å²) in [6, 6.07) is 25.2. The van der Waals surface area contributed by atoms with Crippen LogP contribution < -0.4 is 14.8 Å². The third kappa shape index (κ3) is 11.3. The highest BCUT2D eigenvalue weighted by Crippen LogP contribution is 2.33. The molecule has 44 heavy (non-hydrogen) atoms. The molecule has 0 aliphatic rings. The first kappa shape index (κ1) is 33.5. The molecular formula is C33H33N3O7S. The topological polar surface area (TPSA) is 162 Å². The minimum absolute atomic E-state index is 0.204. The first-order valence-electron chi connectivity index (χ1n) is 13.5. The van der Waals surface area contributed by atoms with E-state index in [0.717, 1.165) is 28.2 Å². The Morgan fingerprint density at radius 3 is 2.36 bits per heavy atom. The van der Waals surface area contributed by atoms with Crippen molar-refractivity contribution < 1.29 is 34.4 Å². The molecule has 0 aliphatic carbocycles. The van der Waals surface area contributed by atoms with Crippen molar-refractivity contribution in [3.05, 3.63) is 108 Å². The summed E-state index contributed by atoms with van der Waals surface area (Å²) in [6.45, 7) is 4.82. The molecule has 0 unspecified atom stereocenters. The summed E-state index contributed by atoms with van der Waals surface area (Å²) >= 11 is 1.66. The number of aromatic nitrogens is 1. The molecule has 2 aromatic heterocycles. The molecule has 10 nitrogen and oxygen atoms in total. The monoisotopic (exact) mass is 615 g/mol. The molecule has 1 atom stereocenters. The number of ether oxygens (including phenoxy) is 2. The van der Waals surface area contributed by atoms with Gasteiger partial charge in [-0.15, -0.1) is 11.3 Å². The van der Waals surface area contributed by atoms with Crippen LogP contribution in [0.4, 0.5) is 0 Å². The van der Waals surface area contributed by atoms with Gasteiger partial charge < -0.3 is 30.1 Å². The van der Waals surface area contributed by atoms with Crippen molar-refractivity contribution in [1.82, 2.24) is 10.3 Å². The Morgan fingerprint density at radius 1 is 1.02 bits per heavy atom. The molecule has 4 aromatic rings. The van der Waals surface area contributed by atoms with Crippen LogP contribution in [0.3, 0.4) is 0 Å². The Hall–Kier alpha value is -5.02. The SMILES string of the molecule is CC(C)(Cc1ccc(Oc2ncccc2C#N)cc1)NC[C@H](O)COc1ccccc1-c1cccs1.O=C(O)/C=C/C(=O)O. The third-order valence-corrected chi connectivity index (χ3v) is 6.87. The fourth-order valence-corrected chi connectivity index (χ4v) is 4.68. The molecule has 0 fully saturated rings. The number of nitrogens with one attached hydrogen (secondary N) is 1. The Balaban J connectivity index is 0.000000583. The van der Waals surface area contributed by atoms with Gasteiger partial charge in [0.15, 0.2) is 0 Å². The van der Waals surface area contributed by atoms with E-state index < -0.39 is 18.0 Å². The van der Waals surface area contributed by atoms with Crippen LogP contribution in [0.15, 0.2) is 96.5 Å². The molecule has 11 heteroatoms. The zero-order valence-corrected chi connectivity index (χ0v) is 25.0. The van der Waals surface area contributed by atoms with E-state index in [1.165, 1.54) is 0 Å². The average Bonchev–Trinajstić information content (AvgIpc) is 3.55. The fraction of sp³-hybridized carbons (Fsp3) is 0.212. The average molecular weight is 616 g/mol. The van der Waals surface area contributed by atoms with Gasteiger partial charge in [0.05, 0.1) is 0 Å². The van der Waals surface area contributed by atoms with Gasteiger partial charge >= 0.3 is 11.9 Å². The lowest BCUT2D eigenvalue weighted by Crippen LogP contribution is -2.46. The molecule has 2 heterocycles. The van der Waals surface area contributed by atoms with Crippen LogP contribution >= 0.6 is 11.3 Å². The smallest absolute Gasteiger partial charge is 0.328 e. The van der Waals surface area contributed by atoms with Crippen LogP contribution in [0.25, 0.3) is 10.4 Å². The van der Waals surface area contributed by atoms with Crippen LogP contribution in [0.5, 0.6) is 17.4 Å². The number of para-hydroxylation sites is 1. The van der Waals surface area contributed by atoms with Crippen LogP contribution in [-0.2, 0) is 16.0 Å². The van der Waals surface area contributed by atoms with Gasteiger partial charge in [0.2, 0.25) is 5.88 Å². The Morgan fingerprint density at radius 2 is 1.73 bits per heavy atom. The van der Waals surface area contributed by atoms with Gasteiger partial charge in [-0.3, -0.25) is 0 Å². The number of nitriles is 1. The van der Waals surface area contributed by atoms with Crippen molar-refractivity contribution >= 4 is 23.3 Å². The van der Waals surface area contributed by atoms with Crippen LogP contribution in [0.1, 0.15) is 25.0 Å². The molecule has 0 spiro atoms. The predicted molar refractivity (Wildman–Crippen MR) is 167 cm³/mol. The molecule has 0 saturated carbocycles. The number of β-amino-alcohol motifs (C(OH)–C–C–N with tert-alkyl or cyclic N) is 1. The van der Waals surface area contributed by atoms with Gasteiger partial charge in [-0.05, 0) is 73.7 Å². The van der Waals surface area contributed by atoms with Gasteiger partial charge in [0, 0.05) is 40.9 Å². The summed E-state index contributed by atoms with van der Waals surface area (Å²) in [5, 5.41) is 40.9. The number of nitrogens with zero attached hydrogens (tertiary/aromatic N) is 2. The molecule has 2 aromatic carbocycles. The van der Waals surface area contributed by atoms with Crippen molar-refractivity contribution in [1.29, 1.82) is 5.26 Å². The molecule has 228 valence electrons. The number of rotatable bonds is 13. The molecule has 4 N–H and O–H groups in total. The molecule has 0 radical (unpaired) electrons. The summed E-state index contributed by atoms with van der Waals surface area (Å²) < 4.78 is 11.7. The number of aliphatic carboxylic acids is 2. The van der Waals surface area contributed by atoms with Crippen LogP contribution in [-0.4, -0.2) is 57.0 Å². The number of aliphatic hydroxyl groups excluding tert-OH is 1. The summed E-state index contributed by atoms with van der Waals surface area (Å²) in [6.07, 6.45) is 2.82. The Bertz CT molecular complexity index is 1560. The van der Waals surface area contributed by atoms with E-state index in [-0.39, 0.29) is 12.1 Å². The largest absolute Gasteiger partial charge is 0.490 e. The minimum Gasteiger partial charge on any atom is -0.490 e. The lowest BCUT2D eigenvalue weighted by atomic mass is 9.94. The summed E-state index contributed by atoms with van der Waals surface area (Å²) in [5.74, 6) is -0.827. The zero-order valence-electron chi connectivity index (χ0n) is 24.2. The normalized spacial score (nSPS) is 11.6. The van der Waals surface area contributed by atoms with E-state index in [0.29, 0.717) is 35.9 Å². The second kappa shape index (κ2) is 16.6. The third-order valence-electron chi connectivity index (χ3n) is 5.97. The maximum atomic E-state index is 10.6. The van der Waals surface area contributed by atoms with Gasteiger partial charge in [0.1, 0.15) is 35.8 Å². The van der Waals surface area contributed by atoms with Crippen molar-refractivity contribution in [2.45, 2.75) is 31.9 Å². The number of aliphatic hydroxyl groups is 1. The first-order chi connectivity index (χ1) is 21.1. The number of hydrogen-bond acceptors (Lipinski definition) is 9. The number of thiophene rings is 1. The minimum atomic E-state index is -1.26. The van der Waals surface area contributed by atoms with E-state index >= 15 is 0 Å². The van der Waals surface area contributed by atoms with Crippen molar-refractivity contribution in [2.24, 2.45) is 0 Å². The van der Waals surface area contributed by atoms with E-state index in [4.69, 9.17) is 19.7 Å². The predicted octanol–water partition coefficient (Wildman–Crippen LogP) is 5.54. The Kier molecular flexibility index (Phi) is 12.6. The van der Waals surface area contributed by atoms with Crippen LogP contribution in [0.2, 0.25) is 0 Å². The van der Waals surface area contributed by atoms with Gasteiger partial charge in [0.25, 0.3) is 0 Å². The number of carboxylic acid groups (broad SMARTS) is 2. The highest BCUT2D eigenvalue weighted by atomic mass is 32.1. The summed E-state index contributed by atoms with van der Waals surface area (Å²) in [7, 11) is 0. The number of carbonyl (C=O) groups is 2. The number of carboxylic acids is 2. The van der Waals surface area contributed by atoms with Crippen molar-refractivity contribution in [3.8, 4) is 33.9 Å². The summed E-state index contributed by atoms with van der Waals surface area (Å²) in [5.41, 5.74) is 2.31. The molecule has 0 amide bonds. The second-order valence-corrected chi connectivity index (χ2v) is 11.1. The fourth-order valence-electron chi connectivity index (χ4n) is 3.93. The molecule has 4 rings (SSSR count). The summed E-state index contributed by atoms with van der Waals surface area (Å²) in [4.78, 5) is 24.4. The molecular weight excluding hydrogens is 582 g/mol. The Labute approximate surface area is 259 Å². The molecule has 0 bridgehead atoms. The van der Waals surface area contributed by atoms with Crippen molar-refractivity contribution in [2.75, 3.05) is 13.2 Å². The maximum absolute atomic E-state index is 10.6. The van der Waals surface area contributed by atoms with Gasteiger partial charge in [-0.25, -0.2) is 14.6 Å². The highest BCUT2D eigenvalue weighted by Gasteiger charge is 2.20. The molecule has 0 saturated heterocycles.